The van der Waals surface area contributed by atoms with Crippen molar-refractivity contribution >= 4 is 12.2 Å². The first-order valence-corrected chi connectivity index (χ1v) is 7.15. The van der Waals surface area contributed by atoms with Crippen LogP contribution in [0.3, 0.4) is 0 Å². The number of hydrogen-bond acceptors (Lipinski definition) is 3. The molecule has 0 aliphatic rings. The Morgan fingerprint density at radius 2 is 2.00 bits per heavy atom. The van der Waals surface area contributed by atoms with Crippen molar-refractivity contribution in [2.24, 2.45) is 5.92 Å². The molecule has 0 aliphatic carbocycles. The first kappa shape index (κ1) is 13.9. The third kappa shape index (κ3) is 3.73. The predicted octanol–water partition coefficient (Wildman–Crippen LogP) is 3.83. The molecule has 2 aromatic heterocycles. The Balaban J connectivity index is 2.08. The highest BCUT2D eigenvalue weighted by molar-refractivity contribution is 7.71. The largest absolute Gasteiger partial charge is 0.300 e. The molecule has 0 atom stereocenters. The Bertz CT molecular complexity index is 556. The molecule has 0 saturated carbocycles. The number of nitrogens with one attached hydrogen (secondary N) is 1. The van der Waals surface area contributed by atoms with Crippen LogP contribution >= 0.6 is 12.2 Å². The molecule has 0 aromatic carbocycles. The molecule has 2 aromatic rings. The fraction of sp³-hybridized carbons (Fsp3) is 0.500. The summed E-state index contributed by atoms with van der Waals surface area (Å²) in [7, 11) is 0. The van der Waals surface area contributed by atoms with Crippen LogP contribution in [0, 0.1) is 10.7 Å². The highest BCUT2D eigenvalue weighted by Gasteiger charge is 2.08. The van der Waals surface area contributed by atoms with Crippen LogP contribution in [0.4, 0.5) is 0 Å². The minimum Gasteiger partial charge on any atom is -0.300 e. The normalized spacial score (nSPS) is 11.1. The average Bonchev–Trinajstić information content (AvgIpc) is 2.77. The van der Waals surface area contributed by atoms with Gasteiger partial charge in [0.05, 0.1) is 0 Å². The Labute approximate surface area is 118 Å². The molecule has 0 amide bonds. The van der Waals surface area contributed by atoms with Crippen molar-refractivity contribution < 1.29 is 0 Å². The molecule has 2 heterocycles. The van der Waals surface area contributed by atoms with Crippen LogP contribution in [0.1, 0.15) is 33.1 Å². The summed E-state index contributed by atoms with van der Waals surface area (Å²) in [6.45, 7) is 5.43. The van der Waals surface area contributed by atoms with Gasteiger partial charge >= 0.3 is 0 Å². The monoisotopic (exact) mass is 276 g/mol. The molecular formula is C14H20N4S. The lowest BCUT2D eigenvalue weighted by molar-refractivity contribution is 0.508. The number of nitrogens with zero attached hydrogens (tertiary/aromatic N) is 3. The van der Waals surface area contributed by atoms with E-state index >= 15 is 0 Å². The summed E-state index contributed by atoms with van der Waals surface area (Å²) >= 11 is 5.30. The lowest BCUT2D eigenvalue weighted by atomic mass is 10.1. The summed E-state index contributed by atoms with van der Waals surface area (Å²) in [5.74, 6) is 1.66. The molecule has 0 fully saturated rings. The summed E-state index contributed by atoms with van der Waals surface area (Å²) < 4.78 is 2.77. The van der Waals surface area contributed by atoms with Gasteiger partial charge in [0.2, 0.25) is 0 Å². The molecule has 4 nitrogen and oxygen atoms in total. The summed E-state index contributed by atoms with van der Waals surface area (Å²) in [5, 5.41) is 7.20. The van der Waals surface area contributed by atoms with Gasteiger partial charge < -0.3 is 4.57 Å². The van der Waals surface area contributed by atoms with Gasteiger partial charge in [-0.3, -0.25) is 10.1 Å². The van der Waals surface area contributed by atoms with Crippen molar-refractivity contribution in [3.8, 4) is 11.4 Å². The second-order valence-corrected chi connectivity index (χ2v) is 5.52. The zero-order chi connectivity index (χ0) is 13.7. The SMILES string of the molecule is CC(C)CCCCn1c(-c2ccncc2)n[nH]c1=S. The number of unbranched alkanes of at least 4 members (excludes halogenated alkanes) is 1. The van der Waals surface area contributed by atoms with Gasteiger partial charge in [-0.15, -0.1) is 0 Å². The molecule has 0 aliphatic heterocycles. The second-order valence-electron chi connectivity index (χ2n) is 5.13. The maximum atomic E-state index is 5.30. The van der Waals surface area contributed by atoms with Crippen molar-refractivity contribution in [1.29, 1.82) is 0 Å². The smallest absolute Gasteiger partial charge is 0.195 e. The molecular weight excluding hydrogens is 256 g/mol. The highest BCUT2D eigenvalue weighted by atomic mass is 32.1. The van der Waals surface area contributed by atoms with Gasteiger partial charge in [0, 0.05) is 24.5 Å². The van der Waals surface area contributed by atoms with Crippen LogP contribution in [0.15, 0.2) is 24.5 Å². The molecule has 0 bridgehead atoms. The minimum absolute atomic E-state index is 0.691. The van der Waals surface area contributed by atoms with Gasteiger partial charge in [-0.2, -0.15) is 5.10 Å². The van der Waals surface area contributed by atoms with E-state index in [0.717, 1.165) is 30.3 Å². The number of rotatable bonds is 6. The molecule has 0 radical (unpaired) electrons. The number of aromatic nitrogens is 4. The van der Waals surface area contributed by atoms with Crippen molar-refractivity contribution in [2.45, 2.75) is 39.7 Å². The number of aromatic amines is 1. The van der Waals surface area contributed by atoms with Gasteiger partial charge in [0.15, 0.2) is 10.6 Å². The third-order valence-electron chi connectivity index (χ3n) is 3.11. The standard InChI is InChI=1S/C14H20N4S/c1-11(2)5-3-4-10-18-13(16-17-14(18)19)12-6-8-15-9-7-12/h6-9,11H,3-5,10H2,1-2H3,(H,17,19). The van der Waals surface area contributed by atoms with E-state index in [0.29, 0.717) is 4.77 Å². The molecule has 102 valence electrons. The molecule has 0 unspecified atom stereocenters. The van der Waals surface area contributed by atoms with Gasteiger partial charge in [-0.25, -0.2) is 0 Å². The quantitative estimate of drug-likeness (QED) is 0.644. The van der Waals surface area contributed by atoms with E-state index in [9.17, 15) is 0 Å². The zero-order valence-corrected chi connectivity index (χ0v) is 12.3. The number of hydrogen-bond donors (Lipinski definition) is 1. The first-order chi connectivity index (χ1) is 9.18. The molecule has 19 heavy (non-hydrogen) atoms. The maximum absolute atomic E-state index is 5.30. The topological polar surface area (TPSA) is 46.5 Å². The van der Waals surface area contributed by atoms with E-state index in [2.05, 4.69) is 33.6 Å². The van der Waals surface area contributed by atoms with Crippen LogP contribution in [-0.4, -0.2) is 19.7 Å². The lowest BCUT2D eigenvalue weighted by Crippen LogP contribution is -2.02. The van der Waals surface area contributed by atoms with Gasteiger partial charge in [0.25, 0.3) is 0 Å². The maximum Gasteiger partial charge on any atom is 0.195 e. The summed E-state index contributed by atoms with van der Waals surface area (Å²) in [6, 6.07) is 3.91. The van der Waals surface area contributed by atoms with E-state index in [-0.39, 0.29) is 0 Å². The van der Waals surface area contributed by atoms with E-state index in [1.165, 1.54) is 12.8 Å². The molecule has 0 saturated heterocycles. The molecule has 5 heteroatoms. The van der Waals surface area contributed by atoms with Gasteiger partial charge in [-0.05, 0) is 36.7 Å². The Morgan fingerprint density at radius 1 is 1.26 bits per heavy atom. The third-order valence-corrected chi connectivity index (χ3v) is 3.42. The van der Waals surface area contributed by atoms with Gasteiger partial charge in [0.1, 0.15) is 0 Å². The van der Waals surface area contributed by atoms with E-state index < -0.39 is 0 Å². The number of H-pyrrole nitrogens is 1. The summed E-state index contributed by atoms with van der Waals surface area (Å²) in [6.07, 6.45) is 7.16. The lowest BCUT2D eigenvalue weighted by Gasteiger charge is -2.07. The van der Waals surface area contributed by atoms with Crippen molar-refractivity contribution in [3.05, 3.63) is 29.3 Å². The fourth-order valence-corrected chi connectivity index (χ4v) is 2.29. The van der Waals surface area contributed by atoms with Crippen LogP contribution in [0.5, 0.6) is 0 Å². The number of pyridine rings is 1. The van der Waals surface area contributed by atoms with Crippen LogP contribution in [-0.2, 0) is 6.54 Å². The fourth-order valence-electron chi connectivity index (χ4n) is 2.07. The van der Waals surface area contributed by atoms with Crippen molar-refractivity contribution in [2.75, 3.05) is 0 Å². The molecule has 0 spiro atoms. The Hall–Kier alpha value is -1.49. The Morgan fingerprint density at radius 3 is 2.68 bits per heavy atom. The predicted molar refractivity (Wildman–Crippen MR) is 79.3 cm³/mol. The van der Waals surface area contributed by atoms with E-state index in [4.69, 9.17) is 12.2 Å². The zero-order valence-electron chi connectivity index (χ0n) is 11.5. The van der Waals surface area contributed by atoms with E-state index in [1.807, 2.05) is 12.1 Å². The average molecular weight is 276 g/mol. The minimum atomic E-state index is 0.691. The first-order valence-electron chi connectivity index (χ1n) is 6.74. The van der Waals surface area contributed by atoms with Crippen LogP contribution in [0.2, 0.25) is 0 Å². The van der Waals surface area contributed by atoms with Crippen molar-refractivity contribution in [3.63, 3.8) is 0 Å². The summed E-state index contributed by atoms with van der Waals surface area (Å²) in [4.78, 5) is 4.03. The van der Waals surface area contributed by atoms with Crippen LogP contribution < -0.4 is 0 Å². The van der Waals surface area contributed by atoms with Gasteiger partial charge in [-0.1, -0.05) is 26.7 Å². The van der Waals surface area contributed by atoms with Crippen LogP contribution in [0.25, 0.3) is 11.4 Å². The molecule has 2 rings (SSSR count). The highest BCUT2D eigenvalue weighted by Crippen LogP contribution is 2.17. The van der Waals surface area contributed by atoms with E-state index in [1.54, 1.807) is 12.4 Å². The summed E-state index contributed by atoms with van der Waals surface area (Å²) in [5.41, 5.74) is 1.05. The van der Waals surface area contributed by atoms with Crippen molar-refractivity contribution in [1.82, 2.24) is 19.7 Å². The molecule has 1 N–H and O–H groups in total. The second kappa shape index (κ2) is 6.61. The Kier molecular flexibility index (Phi) is 4.85.